The quantitative estimate of drug-likeness (QED) is 0.400. The smallest absolute Gasteiger partial charge is 0.303 e. The lowest BCUT2D eigenvalue weighted by Gasteiger charge is -2.33. The number of hydrogen-bond acceptors (Lipinski definition) is 4. The predicted octanol–water partition coefficient (Wildman–Crippen LogP) is 4.87. The molecule has 0 saturated carbocycles. The maximum Gasteiger partial charge on any atom is 0.303 e. The number of amides is 1. The molecule has 0 aromatic heterocycles. The maximum absolute atomic E-state index is 14.7. The minimum absolute atomic E-state index is 0.117. The normalized spacial score (nSPS) is 14.2. The van der Waals surface area contributed by atoms with Crippen LogP contribution in [0.15, 0.2) is 36.4 Å². The van der Waals surface area contributed by atoms with Crippen molar-refractivity contribution in [1.29, 1.82) is 0 Å². The molecule has 3 rings (SSSR count). The fourth-order valence-corrected chi connectivity index (χ4v) is 4.16. The number of nitrogens with zero attached hydrogens (tertiary/aromatic N) is 1. The van der Waals surface area contributed by atoms with Crippen LogP contribution in [0.4, 0.5) is 10.1 Å². The van der Waals surface area contributed by atoms with Crippen LogP contribution in [0.2, 0.25) is 5.02 Å². The van der Waals surface area contributed by atoms with Gasteiger partial charge in [0, 0.05) is 48.6 Å². The maximum atomic E-state index is 14.7. The van der Waals surface area contributed by atoms with Crippen molar-refractivity contribution < 1.29 is 23.9 Å². The van der Waals surface area contributed by atoms with Crippen molar-refractivity contribution in [3.63, 3.8) is 0 Å². The number of halogens is 2. The van der Waals surface area contributed by atoms with Gasteiger partial charge in [-0.2, -0.15) is 0 Å². The van der Waals surface area contributed by atoms with Gasteiger partial charge in [-0.15, -0.1) is 0 Å². The number of Topliss-reactive ketones (excluding diaryl/α,β-unsaturated/α-hetero) is 1. The van der Waals surface area contributed by atoms with Gasteiger partial charge in [0.25, 0.3) is 5.91 Å². The van der Waals surface area contributed by atoms with Crippen molar-refractivity contribution in [3.05, 3.63) is 63.9 Å². The minimum Gasteiger partial charge on any atom is -0.481 e. The van der Waals surface area contributed by atoms with Crippen LogP contribution in [0.3, 0.4) is 0 Å². The Morgan fingerprint density at radius 2 is 1.82 bits per heavy atom. The van der Waals surface area contributed by atoms with E-state index in [-0.39, 0.29) is 30.4 Å². The number of carbonyl (C=O) groups is 3. The van der Waals surface area contributed by atoms with Gasteiger partial charge in [0.2, 0.25) is 0 Å². The van der Waals surface area contributed by atoms with Gasteiger partial charge in [-0.3, -0.25) is 14.4 Å². The Morgan fingerprint density at radius 3 is 2.45 bits per heavy atom. The number of hydrogen-bond donors (Lipinski definition) is 2. The van der Waals surface area contributed by atoms with Crippen molar-refractivity contribution in [2.45, 2.75) is 39.0 Å². The molecule has 2 N–H and O–H groups in total. The third kappa shape index (κ3) is 6.78. The van der Waals surface area contributed by atoms with E-state index in [0.29, 0.717) is 60.7 Å². The molecule has 2 aromatic carbocycles. The average Bonchev–Trinajstić information content (AvgIpc) is 2.78. The number of aliphatic carboxylic acids is 1. The molecule has 33 heavy (non-hydrogen) atoms. The number of benzene rings is 2. The van der Waals surface area contributed by atoms with Crippen LogP contribution in [0.5, 0.6) is 0 Å². The largest absolute Gasteiger partial charge is 0.481 e. The van der Waals surface area contributed by atoms with E-state index < -0.39 is 11.8 Å². The van der Waals surface area contributed by atoms with Gasteiger partial charge in [-0.1, -0.05) is 11.6 Å². The number of piperidine rings is 1. The monoisotopic (exact) mass is 474 g/mol. The van der Waals surface area contributed by atoms with Crippen LogP contribution in [-0.2, 0) is 4.79 Å². The molecule has 1 saturated heterocycles. The molecule has 176 valence electrons. The molecule has 0 bridgehead atoms. The van der Waals surface area contributed by atoms with E-state index in [1.165, 1.54) is 6.07 Å². The van der Waals surface area contributed by atoms with Crippen LogP contribution in [0.25, 0.3) is 0 Å². The van der Waals surface area contributed by atoms with E-state index in [4.69, 9.17) is 16.7 Å². The van der Waals surface area contributed by atoms with Crippen LogP contribution < -0.4 is 10.2 Å². The van der Waals surface area contributed by atoms with E-state index in [2.05, 4.69) is 5.32 Å². The molecule has 2 aromatic rings. The van der Waals surface area contributed by atoms with Gasteiger partial charge in [-0.25, -0.2) is 4.39 Å². The highest BCUT2D eigenvalue weighted by Gasteiger charge is 2.23. The molecule has 1 heterocycles. The summed E-state index contributed by atoms with van der Waals surface area (Å²) < 4.78 is 14.7. The van der Waals surface area contributed by atoms with Crippen molar-refractivity contribution in [3.8, 4) is 0 Å². The Labute approximate surface area is 197 Å². The number of carbonyl (C=O) groups excluding carboxylic acids is 2. The lowest BCUT2D eigenvalue weighted by atomic mass is 9.93. The van der Waals surface area contributed by atoms with Crippen molar-refractivity contribution >= 4 is 34.9 Å². The number of carboxylic acids is 1. The Kier molecular flexibility index (Phi) is 8.44. The van der Waals surface area contributed by atoms with E-state index in [0.717, 1.165) is 5.56 Å². The third-order valence-corrected chi connectivity index (χ3v) is 6.40. The van der Waals surface area contributed by atoms with Gasteiger partial charge >= 0.3 is 5.97 Å². The van der Waals surface area contributed by atoms with Gasteiger partial charge < -0.3 is 15.3 Å². The first-order chi connectivity index (χ1) is 15.7. The van der Waals surface area contributed by atoms with Gasteiger partial charge in [-0.05, 0) is 74.1 Å². The first kappa shape index (κ1) is 24.7. The zero-order valence-corrected chi connectivity index (χ0v) is 19.3. The van der Waals surface area contributed by atoms with Gasteiger partial charge in [0.1, 0.15) is 5.82 Å². The predicted molar refractivity (Wildman–Crippen MR) is 126 cm³/mol. The zero-order chi connectivity index (χ0) is 24.0. The molecule has 8 heteroatoms. The molecular weight excluding hydrogens is 447 g/mol. The highest BCUT2D eigenvalue weighted by Crippen LogP contribution is 2.28. The molecule has 0 atom stereocenters. The summed E-state index contributed by atoms with van der Waals surface area (Å²) in [6.07, 6.45) is 2.18. The van der Waals surface area contributed by atoms with Crippen LogP contribution in [0, 0.1) is 18.7 Å². The van der Waals surface area contributed by atoms with Gasteiger partial charge in [0.15, 0.2) is 5.78 Å². The summed E-state index contributed by atoms with van der Waals surface area (Å²) in [4.78, 5) is 37.4. The number of nitrogens with one attached hydrogen (secondary N) is 1. The average molecular weight is 475 g/mol. The Morgan fingerprint density at radius 1 is 1.12 bits per heavy atom. The summed E-state index contributed by atoms with van der Waals surface area (Å²) >= 11 is 5.97. The topological polar surface area (TPSA) is 86.7 Å². The molecule has 1 aliphatic heterocycles. The Balaban J connectivity index is 1.47. The first-order valence-corrected chi connectivity index (χ1v) is 11.5. The van der Waals surface area contributed by atoms with Gasteiger partial charge in [0.05, 0.1) is 5.69 Å². The Hall–Kier alpha value is -2.93. The lowest BCUT2D eigenvalue weighted by molar-refractivity contribution is -0.138. The molecule has 0 aliphatic carbocycles. The number of aryl methyl sites for hydroxylation is 1. The molecular formula is C25H28ClFN2O4. The lowest BCUT2D eigenvalue weighted by Crippen LogP contribution is -2.34. The molecule has 1 amide bonds. The number of rotatable bonds is 9. The summed E-state index contributed by atoms with van der Waals surface area (Å²) in [5.74, 6) is -1.56. The molecule has 0 radical (unpaired) electrons. The first-order valence-electron chi connectivity index (χ1n) is 11.1. The Bertz CT molecular complexity index is 1040. The van der Waals surface area contributed by atoms with Crippen molar-refractivity contribution in [1.82, 2.24) is 5.32 Å². The summed E-state index contributed by atoms with van der Waals surface area (Å²) in [6.45, 7) is 3.34. The molecule has 0 unspecified atom stereocenters. The fraction of sp³-hybridized carbons (Fsp3) is 0.400. The highest BCUT2D eigenvalue weighted by molar-refractivity contribution is 6.31. The highest BCUT2D eigenvalue weighted by atomic mass is 35.5. The molecule has 0 spiro atoms. The number of ketones is 1. The second kappa shape index (κ2) is 11.3. The summed E-state index contributed by atoms with van der Waals surface area (Å²) in [7, 11) is 0. The summed E-state index contributed by atoms with van der Waals surface area (Å²) in [5.41, 5.74) is 2.06. The molecule has 1 aliphatic rings. The third-order valence-electron chi connectivity index (χ3n) is 5.97. The standard InChI is InChI=1S/C25H28ClFN2O4/c1-16-13-19(4-6-20(16)26)25(33)28-10-2-3-23(30)18-5-7-22(21(27)15-18)29-11-8-17(9-12-29)14-24(31)32/h4-7,13,15,17H,2-3,8-12,14H2,1H3,(H,28,33)(H,31,32). The fourth-order valence-electron chi connectivity index (χ4n) is 4.04. The second-order valence-electron chi connectivity index (χ2n) is 8.44. The van der Waals surface area contributed by atoms with Crippen LogP contribution in [-0.4, -0.2) is 42.4 Å². The number of carboxylic acid groups (broad SMARTS) is 1. The minimum atomic E-state index is -0.804. The van der Waals surface area contributed by atoms with Crippen molar-refractivity contribution in [2.24, 2.45) is 5.92 Å². The van der Waals surface area contributed by atoms with Crippen LogP contribution >= 0.6 is 11.6 Å². The van der Waals surface area contributed by atoms with E-state index in [9.17, 15) is 18.8 Å². The van der Waals surface area contributed by atoms with Crippen LogP contribution in [0.1, 0.15) is 58.4 Å². The second-order valence-corrected chi connectivity index (χ2v) is 8.85. The van der Waals surface area contributed by atoms with E-state index in [1.807, 2.05) is 11.8 Å². The molecule has 1 fully saturated rings. The summed E-state index contributed by atoms with van der Waals surface area (Å²) in [5, 5.41) is 12.3. The number of anilines is 1. The van der Waals surface area contributed by atoms with Crippen molar-refractivity contribution in [2.75, 3.05) is 24.5 Å². The zero-order valence-electron chi connectivity index (χ0n) is 18.6. The van der Waals surface area contributed by atoms with E-state index >= 15 is 0 Å². The van der Waals surface area contributed by atoms with E-state index in [1.54, 1.807) is 30.3 Å². The SMILES string of the molecule is Cc1cc(C(=O)NCCCC(=O)c2ccc(N3CCC(CC(=O)O)CC3)c(F)c2)ccc1Cl. The molecule has 6 nitrogen and oxygen atoms in total. The summed E-state index contributed by atoms with van der Waals surface area (Å²) in [6, 6.07) is 9.53.